The summed E-state index contributed by atoms with van der Waals surface area (Å²) in [7, 11) is 0. The third-order valence-corrected chi connectivity index (χ3v) is 3.63. The van der Waals surface area contributed by atoms with Gasteiger partial charge in [0.25, 0.3) is 0 Å². The molecule has 0 aromatic heterocycles. The zero-order valence-electron chi connectivity index (χ0n) is 8.81. The number of Topliss-reactive ketones (excluding diaryl/α,β-unsaturated/α-hetero) is 1. The fraction of sp³-hybridized carbons (Fsp3) is 0.818. The molecule has 0 radical (unpaired) electrons. The van der Waals surface area contributed by atoms with Gasteiger partial charge in [0.1, 0.15) is 5.78 Å². The monoisotopic (exact) mass is 212 g/mol. The summed E-state index contributed by atoms with van der Waals surface area (Å²) in [6, 6.07) is 0. The van der Waals surface area contributed by atoms with Crippen molar-refractivity contribution in [3.05, 3.63) is 0 Å². The van der Waals surface area contributed by atoms with Gasteiger partial charge in [-0.2, -0.15) is 0 Å². The molecule has 0 saturated heterocycles. The third-order valence-electron chi connectivity index (χ3n) is 3.63. The van der Waals surface area contributed by atoms with Crippen molar-refractivity contribution in [1.29, 1.82) is 0 Å². The summed E-state index contributed by atoms with van der Waals surface area (Å²) in [5.74, 6) is 0.463. The van der Waals surface area contributed by atoms with E-state index in [-0.39, 0.29) is 30.2 Å². The average molecular weight is 212 g/mol. The molecule has 0 aliphatic heterocycles. The fourth-order valence-corrected chi connectivity index (χ4v) is 2.93. The van der Waals surface area contributed by atoms with Crippen LogP contribution in [0.2, 0.25) is 0 Å². The van der Waals surface area contributed by atoms with Gasteiger partial charge in [0, 0.05) is 25.7 Å². The zero-order chi connectivity index (χ0) is 11.0. The lowest BCUT2D eigenvalue weighted by atomic mass is 9.92. The van der Waals surface area contributed by atoms with Gasteiger partial charge in [-0.15, -0.1) is 0 Å². The lowest BCUT2D eigenvalue weighted by molar-refractivity contribution is -0.143. The first kappa shape index (κ1) is 10.6. The van der Waals surface area contributed by atoms with Crippen LogP contribution in [0.25, 0.3) is 0 Å². The number of aliphatic hydroxyl groups excluding tert-OH is 1. The minimum absolute atomic E-state index is 0.0367. The molecular formula is C11H16O4. The second-order valence-corrected chi connectivity index (χ2v) is 4.64. The van der Waals surface area contributed by atoms with Gasteiger partial charge in [0.2, 0.25) is 0 Å². The molecule has 2 fully saturated rings. The van der Waals surface area contributed by atoms with Crippen molar-refractivity contribution in [3.8, 4) is 0 Å². The summed E-state index contributed by atoms with van der Waals surface area (Å²) < 4.78 is 4.93. The maximum absolute atomic E-state index is 11.3. The summed E-state index contributed by atoms with van der Waals surface area (Å²) in [6.07, 6.45) is 1.42. The van der Waals surface area contributed by atoms with Gasteiger partial charge in [0.05, 0.1) is 12.7 Å². The van der Waals surface area contributed by atoms with Crippen LogP contribution in [0.5, 0.6) is 0 Å². The van der Waals surface area contributed by atoms with Gasteiger partial charge < -0.3 is 9.84 Å². The second-order valence-electron chi connectivity index (χ2n) is 4.64. The summed E-state index contributed by atoms with van der Waals surface area (Å²) >= 11 is 0. The Bertz CT molecular complexity index is 286. The number of esters is 1. The molecule has 2 aliphatic carbocycles. The molecule has 1 N–H and O–H groups in total. The highest BCUT2D eigenvalue weighted by Gasteiger charge is 2.47. The Morgan fingerprint density at radius 1 is 1.53 bits per heavy atom. The van der Waals surface area contributed by atoms with E-state index >= 15 is 0 Å². The van der Waals surface area contributed by atoms with E-state index in [2.05, 4.69) is 0 Å². The average Bonchev–Trinajstić information content (AvgIpc) is 2.57. The molecule has 0 bridgehead atoms. The highest BCUT2D eigenvalue weighted by atomic mass is 16.5. The number of fused-ring (bicyclic) bond motifs is 1. The quantitative estimate of drug-likeness (QED) is 0.678. The Labute approximate surface area is 88.6 Å². The van der Waals surface area contributed by atoms with Crippen molar-refractivity contribution < 1.29 is 19.4 Å². The van der Waals surface area contributed by atoms with E-state index in [1.807, 2.05) is 0 Å². The largest absolute Gasteiger partial charge is 0.465 e. The van der Waals surface area contributed by atoms with E-state index in [0.29, 0.717) is 25.2 Å². The molecule has 0 spiro atoms. The van der Waals surface area contributed by atoms with E-state index in [4.69, 9.17) is 4.74 Å². The molecule has 4 atom stereocenters. The van der Waals surface area contributed by atoms with Gasteiger partial charge in [-0.05, 0) is 18.3 Å². The topological polar surface area (TPSA) is 63.6 Å². The maximum Gasteiger partial charge on any atom is 0.302 e. The highest BCUT2D eigenvalue weighted by Crippen LogP contribution is 2.46. The summed E-state index contributed by atoms with van der Waals surface area (Å²) in [5, 5.41) is 9.79. The summed E-state index contributed by atoms with van der Waals surface area (Å²) in [6.45, 7) is 1.61. The van der Waals surface area contributed by atoms with Crippen LogP contribution in [0.1, 0.15) is 26.2 Å². The van der Waals surface area contributed by atoms with Crippen molar-refractivity contribution in [2.75, 3.05) is 6.61 Å². The molecule has 0 aromatic carbocycles. The summed E-state index contributed by atoms with van der Waals surface area (Å²) in [5.41, 5.74) is 0. The van der Waals surface area contributed by atoms with E-state index < -0.39 is 6.10 Å². The molecule has 0 aromatic rings. The number of hydrogen-bond donors (Lipinski definition) is 1. The van der Waals surface area contributed by atoms with Crippen LogP contribution < -0.4 is 0 Å². The van der Waals surface area contributed by atoms with Crippen LogP contribution in [-0.2, 0) is 14.3 Å². The number of carbonyl (C=O) groups excluding carboxylic acids is 2. The number of ether oxygens (including phenoxy) is 1. The van der Waals surface area contributed by atoms with E-state index in [1.54, 1.807) is 0 Å². The van der Waals surface area contributed by atoms with Gasteiger partial charge in [-0.1, -0.05) is 0 Å². The highest BCUT2D eigenvalue weighted by molar-refractivity contribution is 5.81. The number of rotatable bonds is 2. The minimum atomic E-state index is -0.410. The smallest absolute Gasteiger partial charge is 0.302 e. The normalized spacial score (nSPS) is 39.2. The zero-order valence-corrected chi connectivity index (χ0v) is 8.81. The molecule has 2 rings (SSSR count). The molecule has 4 nitrogen and oxygen atoms in total. The van der Waals surface area contributed by atoms with Crippen molar-refractivity contribution in [2.45, 2.75) is 32.3 Å². The van der Waals surface area contributed by atoms with Gasteiger partial charge >= 0.3 is 5.97 Å². The predicted octanol–water partition coefficient (Wildman–Crippen LogP) is 0.526. The van der Waals surface area contributed by atoms with Gasteiger partial charge in [-0.25, -0.2) is 0 Å². The van der Waals surface area contributed by atoms with Gasteiger partial charge in [0.15, 0.2) is 0 Å². The first-order valence-corrected chi connectivity index (χ1v) is 5.41. The van der Waals surface area contributed by atoms with Crippen molar-refractivity contribution >= 4 is 11.8 Å². The van der Waals surface area contributed by atoms with E-state index in [9.17, 15) is 14.7 Å². The van der Waals surface area contributed by atoms with Crippen LogP contribution in [0.15, 0.2) is 0 Å². The maximum atomic E-state index is 11.3. The van der Waals surface area contributed by atoms with E-state index in [1.165, 1.54) is 6.92 Å². The van der Waals surface area contributed by atoms with Crippen LogP contribution in [-0.4, -0.2) is 29.6 Å². The molecule has 2 saturated carbocycles. The molecule has 0 unspecified atom stereocenters. The number of ketones is 1. The Hall–Kier alpha value is -0.900. The standard InChI is InChI=1S/C11H16O4/c1-6(12)15-5-10-9-4-8(13)2-7(9)3-11(10)14/h7,9-11,14H,2-5H2,1H3/t7-,9-,10+,11+/m0/s1. The first-order chi connectivity index (χ1) is 7.08. The Balaban J connectivity index is 1.97. The van der Waals surface area contributed by atoms with Crippen molar-refractivity contribution in [2.24, 2.45) is 17.8 Å². The van der Waals surface area contributed by atoms with Crippen LogP contribution in [0, 0.1) is 17.8 Å². The Kier molecular flexibility index (Phi) is 2.78. The molecule has 15 heavy (non-hydrogen) atoms. The molecule has 2 aliphatic rings. The molecule has 0 heterocycles. The molecule has 84 valence electrons. The van der Waals surface area contributed by atoms with Crippen molar-refractivity contribution in [3.63, 3.8) is 0 Å². The van der Waals surface area contributed by atoms with E-state index in [0.717, 1.165) is 0 Å². The molecule has 0 amide bonds. The first-order valence-electron chi connectivity index (χ1n) is 5.41. The van der Waals surface area contributed by atoms with Crippen molar-refractivity contribution in [1.82, 2.24) is 0 Å². The molecule has 4 heteroatoms. The van der Waals surface area contributed by atoms with Crippen LogP contribution >= 0.6 is 0 Å². The second kappa shape index (κ2) is 3.93. The van der Waals surface area contributed by atoms with Crippen LogP contribution in [0.3, 0.4) is 0 Å². The lowest BCUT2D eigenvalue weighted by Gasteiger charge is -2.19. The number of carbonyl (C=O) groups is 2. The Morgan fingerprint density at radius 3 is 2.93 bits per heavy atom. The minimum Gasteiger partial charge on any atom is -0.465 e. The number of aliphatic hydroxyl groups is 1. The number of hydrogen-bond acceptors (Lipinski definition) is 4. The SMILES string of the molecule is CC(=O)OC[C@@H]1[C@H]2CC(=O)C[C@H]2C[C@H]1O. The Morgan fingerprint density at radius 2 is 2.27 bits per heavy atom. The van der Waals surface area contributed by atoms with Crippen LogP contribution in [0.4, 0.5) is 0 Å². The third kappa shape index (κ3) is 2.04. The lowest BCUT2D eigenvalue weighted by Crippen LogP contribution is -2.25. The van der Waals surface area contributed by atoms with Gasteiger partial charge in [-0.3, -0.25) is 9.59 Å². The molecular weight excluding hydrogens is 196 g/mol. The predicted molar refractivity (Wildman–Crippen MR) is 52.0 cm³/mol. The fourth-order valence-electron chi connectivity index (χ4n) is 2.93. The summed E-state index contributed by atoms with van der Waals surface area (Å²) in [4.78, 5) is 22.0.